The third kappa shape index (κ3) is 1.94. The molecule has 0 aliphatic heterocycles. The molecule has 2 nitrogen and oxygen atoms in total. The van der Waals surface area contributed by atoms with Crippen LogP contribution in [0.4, 0.5) is 0 Å². The van der Waals surface area contributed by atoms with E-state index in [9.17, 15) is 4.91 Å². The molecule has 0 radical (unpaired) electrons. The quantitative estimate of drug-likeness (QED) is 0.414. The van der Waals surface area contributed by atoms with E-state index in [4.69, 9.17) is 11.6 Å². The summed E-state index contributed by atoms with van der Waals surface area (Å²) in [4.78, 5) is 10.00. The Balaban J connectivity index is 2.31. The first-order valence-corrected chi connectivity index (χ1v) is 3.73. The van der Waals surface area contributed by atoms with Crippen LogP contribution in [0.5, 0.6) is 0 Å². The summed E-state index contributed by atoms with van der Waals surface area (Å²) in [6.45, 7) is 0. The van der Waals surface area contributed by atoms with Gasteiger partial charge in [0.05, 0.1) is 6.04 Å². The van der Waals surface area contributed by atoms with Crippen molar-refractivity contribution < 1.29 is 0 Å². The molecule has 1 rings (SSSR count). The molecule has 0 N–H and O–H groups in total. The summed E-state index contributed by atoms with van der Waals surface area (Å²) < 4.78 is 0. The monoisotopic (exact) mass is 147 g/mol. The van der Waals surface area contributed by atoms with Crippen LogP contribution in [0.15, 0.2) is 5.18 Å². The summed E-state index contributed by atoms with van der Waals surface area (Å²) in [7, 11) is 0. The molecule has 0 spiro atoms. The van der Waals surface area contributed by atoms with Gasteiger partial charge < -0.3 is 0 Å². The molecular weight excluding hydrogens is 138 g/mol. The molecule has 0 aromatic carbocycles. The van der Waals surface area contributed by atoms with Crippen molar-refractivity contribution in [1.82, 2.24) is 0 Å². The van der Waals surface area contributed by atoms with E-state index in [-0.39, 0.29) is 11.4 Å². The number of hydrogen-bond donors (Lipinski definition) is 0. The van der Waals surface area contributed by atoms with Crippen molar-refractivity contribution in [2.45, 2.75) is 37.1 Å². The molecule has 0 heterocycles. The Morgan fingerprint density at radius 2 is 2.22 bits per heavy atom. The number of nitrogens with zero attached hydrogens (tertiary/aromatic N) is 1. The lowest BCUT2D eigenvalue weighted by Crippen LogP contribution is -2.17. The second kappa shape index (κ2) is 3.16. The fourth-order valence-electron chi connectivity index (χ4n) is 1.20. The Bertz CT molecular complexity index is 107. The van der Waals surface area contributed by atoms with Gasteiger partial charge in [0, 0.05) is 5.38 Å². The first-order chi connectivity index (χ1) is 4.33. The average Bonchev–Trinajstić information content (AvgIpc) is 1.88. The van der Waals surface area contributed by atoms with Gasteiger partial charge in [-0.2, -0.15) is 4.91 Å². The second-order valence-corrected chi connectivity index (χ2v) is 3.14. The molecule has 0 unspecified atom stereocenters. The van der Waals surface area contributed by atoms with Gasteiger partial charge in [-0.25, -0.2) is 0 Å². The lowest BCUT2D eigenvalue weighted by Gasteiger charge is -2.18. The topological polar surface area (TPSA) is 29.4 Å². The predicted molar refractivity (Wildman–Crippen MR) is 37.7 cm³/mol. The highest BCUT2D eigenvalue weighted by molar-refractivity contribution is 6.20. The maximum Gasteiger partial charge on any atom is 0.0933 e. The molecule has 1 aliphatic carbocycles. The van der Waals surface area contributed by atoms with E-state index < -0.39 is 0 Å². The van der Waals surface area contributed by atoms with Gasteiger partial charge >= 0.3 is 0 Å². The van der Waals surface area contributed by atoms with Crippen LogP contribution in [-0.2, 0) is 0 Å². The van der Waals surface area contributed by atoms with E-state index in [1.807, 2.05) is 0 Å². The highest BCUT2D eigenvalue weighted by Crippen LogP contribution is 2.24. The fraction of sp³-hybridized carbons (Fsp3) is 1.00. The van der Waals surface area contributed by atoms with Crippen molar-refractivity contribution in [3.63, 3.8) is 0 Å². The molecule has 52 valence electrons. The molecule has 9 heavy (non-hydrogen) atoms. The van der Waals surface area contributed by atoms with Crippen LogP contribution in [-0.4, -0.2) is 11.4 Å². The van der Waals surface area contributed by atoms with Crippen molar-refractivity contribution >= 4 is 11.6 Å². The van der Waals surface area contributed by atoms with Gasteiger partial charge in [-0.3, -0.25) is 0 Å². The molecular formula is C6H10ClNO. The Hall–Kier alpha value is -0.110. The molecule has 0 saturated heterocycles. The van der Waals surface area contributed by atoms with Crippen LogP contribution < -0.4 is 0 Å². The van der Waals surface area contributed by atoms with Gasteiger partial charge in [-0.15, -0.1) is 11.6 Å². The first kappa shape index (κ1) is 7.00. The Labute approximate surface area is 59.6 Å². The SMILES string of the molecule is O=N[C@H]1CCC[C@@H](Cl)C1. The zero-order valence-electron chi connectivity index (χ0n) is 5.22. The number of rotatable bonds is 1. The van der Waals surface area contributed by atoms with Crippen LogP contribution in [0.3, 0.4) is 0 Å². The molecule has 2 atom stereocenters. The van der Waals surface area contributed by atoms with Crippen LogP contribution in [0.2, 0.25) is 0 Å². The Morgan fingerprint density at radius 3 is 2.67 bits per heavy atom. The number of hydrogen-bond acceptors (Lipinski definition) is 2. The number of halogens is 1. The molecule has 0 aromatic rings. The lowest BCUT2D eigenvalue weighted by molar-refractivity contribution is 0.447. The fourth-order valence-corrected chi connectivity index (χ4v) is 1.56. The maximum absolute atomic E-state index is 10.00. The van der Waals surface area contributed by atoms with E-state index in [1.54, 1.807) is 0 Å². The van der Waals surface area contributed by atoms with Gasteiger partial charge in [0.15, 0.2) is 0 Å². The van der Waals surface area contributed by atoms with E-state index in [0.717, 1.165) is 25.7 Å². The van der Waals surface area contributed by atoms with Gasteiger partial charge in [0.2, 0.25) is 0 Å². The third-order valence-electron chi connectivity index (χ3n) is 1.73. The highest BCUT2D eigenvalue weighted by Gasteiger charge is 2.19. The standard InChI is InChI=1S/C6H10ClNO/c7-5-2-1-3-6(4-5)8-9/h5-6H,1-4H2/t5-,6+/m1/s1. The zero-order valence-corrected chi connectivity index (χ0v) is 5.97. The van der Waals surface area contributed by atoms with Crippen molar-refractivity contribution in [2.75, 3.05) is 0 Å². The summed E-state index contributed by atoms with van der Waals surface area (Å²) >= 11 is 5.79. The van der Waals surface area contributed by atoms with Gasteiger partial charge in [0.25, 0.3) is 0 Å². The van der Waals surface area contributed by atoms with Crippen LogP contribution in [0, 0.1) is 4.91 Å². The molecule has 0 amide bonds. The summed E-state index contributed by atoms with van der Waals surface area (Å²) in [5.74, 6) is 0. The largest absolute Gasteiger partial charge is 0.151 e. The molecule has 1 saturated carbocycles. The Kier molecular flexibility index (Phi) is 2.46. The van der Waals surface area contributed by atoms with Gasteiger partial charge in [0.1, 0.15) is 0 Å². The summed E-state index contributed by atoms with van der Waals surface area (Å²) in [5, 5.41) is 3.16. The normalized spacial score (nSPS) is 36.1. The molecule has 3 heteroatoms. The minimum atomic E-state index is 0.00116. The van der Waals surface area contributed by atoms with E-state index in [1.165, 1.54) is 0 Å². The summed E-state index contributed by atoms with van der Waals surface area (Å²) in [6, 6.07) is 0.00116. The van der Waals surface area contributed by atoms with E-state index in [2.05, 4.69) is 5.18 Å². The zero-order chi connectivity index (χ0) is 6.69. The van der Waals surface area contributed by atoms with E-state index in [0.29, 0.717) is 0 Å². The number of alkyl halides is 1. The second-order valence-electron chi connectivity index (χ2n) is 2.52. The van der Waals surface area contributed by atoms with Crippen LogP contribution in [0.1, 0.15) is 25.7 Å². The smallest absolute Gasteiger partial charge is 0.0933 e. The summed E-state index contributed by atoms with van der Waals surface area (Å²) in [6.07, 6.45) is 3.83. The predicted octanol–water partition coefficient (Wildman–Crippen LogP) is 2.30. The van der Waals surface area contributed by atoms with Crippen molar-refractivity contribution in [1.29, 1.82) is 0 Å². The average molecular weight is 148 g/mol. The van der Waals surface area contributed by atoms with Crippen LogP contribution in [0.25, 0.3) is 0 Å². The maximum atomic E-state index is 10.00. The van der Waals surface area contributed by atoms with Crippen LogP contribution >= 0.6 is 11.6 Å². The molecule has 0 aromatic heterocycles. The van der Waals surface area contributed by atoms with E-state index >= 15 is 0 Å². The Morgan fingerprint density at radius 1 is 1.44 bits per heavy atom. The highest BCUT2D eigenvalue weighted by atomic mass is 35.5. The number of nitroso groups, excluding NO2 is 1. The molecule has 1 aliphatic rings. The van der Waals surface area contributed by atoms with Gasteiger partial charge in [-0.1, -0.05) is 5.18 Å². The molecule has 0 bridgehead atoms. The molecule has 1 fully saturated rings. The minimum Gasteiger partial charge on any atom is -0.151 e. The lowest BCUT2D eigenvalue weighted by atomic mass is 9.96. The van der Waals surface area contributed by atoms with Gasteiger partial charge in [-0.05, 0) is 25.7 Å². The summed E-state index contributed by atoms with van der Waals surface area (Å²) in [5.41, 5.74) is 0. The van der Waals surface area contributed by atoms with Crippen molar-refractivity contribution in [3.05, 3.63) is 4.91 Å². The minimum absolute atomic E-state index is 0.00116. The van der Waals surface area contributed by atoms with Crippen molar-refractivity contribution in [2.24, 2.45) is 5.18 Å². The first-order valence-electron chi connectivity index (χ1n) is 3.29. The third-order valence-corrected chi connectivity index (χ3v) is 2.13. The van der Waals surface area contributed by atoms with Crippen molar-refractivity contribution in [3.8, 4) is 0 Å².